The van der Waals surface area contributed by atoms with Gasteiger partial charge in [-0.2, -0.15) is 0 Å². The summed E-state index contributed by atoms with van der Waals surface area (Å²) in [7, 11) is 0. The summed E-state index contributed by atoms with van der Waals surface area (Å²) in [6.45, 7) is 2.28. The number of furan rings is 1. The van der Waals surface area contributed by atoms with Crippen LogP contribution in [-0.2, 0) is 20.9 Å². The molecule has 8 nitrogen and oxygen atoms in total. The highest BCUT2D eigenvalue weighted by Gasteiger charge is 2.34. The van der Waals surface area contributed by atoms with Crippen molar-refractivity contribution in [2.45, 2.75) is 19.9 Å². The summed E-state index contributed by atoms with van der Waals surface area (Å²) in [6.07, 6.45) is 1.63. The van der Waals surface area contributed by atoms with Crippen LogP contribution < -0.4 is 15.6 Å². The van der Waals surface area contributed by atoms with Gasteiger partial charge in [-0.05, 0) is 52.7 Å². The zero-order valence-electron chi connectivity index (χ0n) is 15.2. The maximum absolute atomic E-state index is 12.2. The van der Waals surface area contributed by atoms with E-state index in [4.69, 9.17) is 9.15 Å². The summed E-state index contributed by atoms with van der Waals surface area (Å²) in [5, 5.41) is 0. The minimum absolute atomic E-state index is 0.0925. The highest BCUT2D eigenvalue weighted by molar-refractivity contribution is 9.10. The zero-order valence-corrected chi connectivity index (χ0v) is 16.8. The molecule has 3 rings (SSSR count). The van der Waals surface area contributed by atoms with Crippen molar-refractivity contribution in [3.63, 3.8) is 0 Å². The number of hydrogen-bond donors (Lipinski definition) is 2. The quantitative estimate of drug-likeness (QED) is 0.656. The van der Waals surface area contributed by atoms with Crippen LogP contribution in [0.25, 0.3) is 0 Å². The van der Waals surface area contributed by atoms with E-state index in [0.717, 1.165) is 10.0 Å². The highest BCUT2D eigenvalue weighted by atomic mass is 79.9. The van der Waals surface area contributed by atoms with Gasteiger partial charge in [-0.1, -0.05) is 6.07 Å². The third-order valence-electron chi connectivity index (χ3n) is 4.28. The molecule has 2 N–H and O–H groups in total. The fourth-order valence-electron chi connectivity index (χ4n) is 2.83. The number of carbonyl (C=O) groups excluding carboxylic acids is 3. The number of nitrogens with zero attached hydrogens (tertiary/aromatic N) is 1. The van der Waals surface area contributed by atoms with Crippen molar-refractivity contribution in [3.8, 4) is 5.75 Å². The average molecular weight is 450 g/mol. The standard InChI is InChI=1S/C19H20BrN3O5/c1-12-4-5-16(15(20)7-12)28-11-17(24)21-22-19(26)13-8-18(25)23(9-13)10-14-3-2-6-27-14/h2-7,13H,8-11H2,1H3,(H,21,24)(H,22,26). The minimum atomic E-state index is -0.532. The number of halogens is 1. The molecule has 0 bridgehead atoms. The summed E-state index contributed by atoms with van der Waals surface area (Å²) in [5.74, 6) is -0.396. The first-order chi connectivity index (χ1) is 13.4. The smallest absolute Gasteiger partial charge is 0.276 e. The Morgan fingerprint density at radius 3 is 2.86 bits per heavy atom. The Bertz CT molecular complexity index is 868. The highest BCUT2D eigenvalue weighted by Crippen LogP contribution is 2.25. The first-order valence-electron chi connectivity index (χ1n) is 8.70. The van der Waals surface area contributed by atoms with Crippen molar-refractivity contribution in [3.05, 3.63) is 52.4 Å². The van der Waals surface area contributed by atoms with Gasteiger partial charge in [0.15, 0.2) is 6.61 Å². The molecule has 1 unspecified atom stereocenters. The average Bonchev–Trinajstić information content (AvgIpc) is 3.29. The van der Waals surface area contributed by atoms with Crippen molar-refractivity contribution in [1.29, 1.82) is 0 Å². The molecule has 1 aliphatic heterocycles. The van der Waals surface area contributed by atoms with E-state index in [1.165, 1.54) is 6.26 Å². The van der Waals surface area contributed by atoms with Crippen LogP contribution in [0.3, 0.4) is 0 Å². The summed E-state index contributed by atoms with van der Waals surface area (Å²) in [6, 6.07) is 9.01. The van der Waals surface area contributed by atoms with E-state index in [1.807, 2.05) is 19.1 Å². The van der Waals surface area contributed by atoms with Gasteiger partial charge in [0.25, 0.3) is 5.91 Å². The van der Waals surface area contributed by atoms with E-state index < -0.39 is 17.7 Å². The first kappa shape index (κ1) is 19.9. The van der Waals surface area contributed by atoms with Gasteiger partial charge in [-0.25, -0.2) is 0 Å². The molecule has 2 heterocycles. The van der Waals surface area contributed by atoms with E-state index in [9.17, 15) is 14.4 Å². The Morgan fingerprint density at radius 2 is 2.14 bits per heavy atom. The Kier molecular flexibility index (Phi) is 6.35. The van der Waals surface area contributed by atoms with Crippen molar-refractivity contribution in [2.24, 2.45) is 5.92 Å². The first-order valence-corrected chi connectivity index (χ1v) is 9.49. The molecular weight excluding hydrogens is 430 g/mol. The predicted octanol–water partition coefficient (Wildman–Crippen LogP) is 1.93. The van der Waals surface area contributed by atoms with E-state index in [1.54, 1.807) is 23.1 Å². The number of nitrogens with one attached hydrogen (secondary N) is 2. The monoisotopic (exact) mass is 449 g/mol. The van der Waals surface area contributed by atoms with Gasteiger partial charge in [0.05, 0.1) is 23.2 Å². The zero-order chi connectivity index (χ0) is 20.1. The Hall–Kier alpha value is -2.81. The number of hydrazine groups is 1. The third-order valence-corrected chi connectivity index (χ3v) is 4.90. The van der Waals surface area contributed by atoms with Gasteiger partial charge >= 0.3 is 0 Å². The molecule has 0 spiro atoms. The summed E-state index contributed by atoms with van der Waals surface area (Å²) in [5.41, 5.74) is 5.72. The molecule has 9 heteroatoms. The molecule has 1 aromatic heterocycles. The predicted molar refractivity (Wildman–Crippen MR) is 103 cm³/mol. The topological polar surface area (TPSA) is 101 Å². The largest absolute Gasteiger partial charge is 0.483 e. The molecular formula is C19H20BrN3O5. The van der Waals surface area contributed by atoms with Crippen LogP contribution >= 0.6 is 15.9 Å². The molecule has 1 aliphatic rings. The maximum atomic E-state index is 12.2. The molecule has 28 heavy (non-hydrogen) atoms. The second-order valence-electron chi connectivity index (χ2n) is 6.51. The van der Waals surface area contributed by atoms with Gasteiger partial charge in [0, 0.05) is 13.0 Å². The Labute approximate surface area is 170 Å². The lowest BCUT2D eigenvalue weighted by atomic mass is 10.1. The number of benzene rings is 1. The van der Waals surface area contributed by atoms with Gasteiger partial charge < -0.3 is 14.1 Å². The third kappa shape index (κ3) is 5.13. The van der Waals surface area contributed by atoms with Crippen molar-refractivity contribution < 1.29 is 23.5 Å². The maximum Gasteiger partial charge on any atom is 0.276 e. The van der Waals surface area contributed by atoms with Crippen molar-refractivity contribution >= 4 is 33.7 Å². The number of carbonyl (C=O) groups is 3. The Balaban J connectivity index is 1.42. The van der Waals surface area contributed by atoms with Crippen molar-refractivity contribution in [2.75, 3.05) is 13.2 Å². The second kappa shape index (κ2) is 8.92. The number of hydrogen-bond acceptors (Lipinski definition) is 5. The number of rotatable bonds is 6. The summed E-state index contributed by atoms with van der Waals surface area (Å²) < 4.78 is 11.4. The normalized spacial score (nSPS) is 16.1. The van der Waals surface area contributed by atoms with Crippen LogP contribution in [0.5, 0.6) is 5.75 Å². The van der Waals surface area contributed by atoms with E-state index in [2.05, 4.69) is 26.8 Å². The molecule has 3 amide bonds. The van der Waals surface area contributed by atoms with Gasteiger partial charge in [0.1, 0.15) is 11.5 Å². The van der Waals surface area contributed by atoms with Crippen LogP contribution in [0.2, 0.25) is 0 Å². The van der Waals surface area contributed by atoms with Gasteiger partial charge in [0.2, 0.25) is 11.8 Å². The summed E-state index contributed by atoms with van der Waals surface area (Å²) in [4.78, 5) is 37.8. The van der Waals surface area contributed by atoms with Crippen LogP contribution in [-0.4, -0.2) is 35.8 Å². The van der Waals surface area contributed by atoms with Crippen LogP contribution in [0.15, 0.2) is 45.5 Å². The molecule has 1 atom stereocenters. The number of amides is 3. The molecule has 1 saturated heterocycles. The van der Waals surface area contributed by atoms with Crippen LogP contribution in [0, 0.1) is 12.8 Å². The molecule has 148 valence electrons. The lowest BCUT2D eigenvalue weighted by Gasteiger charge is -2.15. The molecule has 1 aromatic carbocycles. The lowest BCUT2D eigenvalue weighted by molar-refractivity contribution is -0.132. The molecule has 0 radical (unpaired) electrons. The molecule has 0 saturated carbocycles. The van der Waals surface area contributed by atoms with Crippen LogP contribution in [0.1, 0.15) is 17.7 Å². The van der Waals surface area contributed by atoms with E-state index >= 15 is 0 Å². The fraction of sp³-hybridized carbons (Fsp3) is 0.316. The number of ether oxygens (including phenoxy) is 1. The van der Waals surface area contributed by atoms with Gasteiger partial charge in [-0.3, -0.25) is 25.2 Å². The number of likely N-dealkylation sites (tertiary alicyclic amines) is 1. The molecule has 1 fully saturated rings. The second-order valence-corrected chi connectivity index (χ2v) is 7.37. The SMILES string of the molecule is Cc1ccc(OCC(=O)NNC(=O)C2CC(=O)N(Cc3ccco3)C2)c(Br)c1. The van der Waals surface area contributed by atoms with Crippen molar-refractivity contribution in [1.82, 2.24) is 15.8 Å². The van der Waals surface area contributed by atoms with E-state index in [0.29, 0.717) is 18.1 Å². The summed E-state index contributed by atoms with van der Waals surface area (Å²) >= 11 is 3.37. The molecule has 2 aromatic rings. The van der Waals surface area contributed by atoms with E-state index in [-0.39, 0.29) is 25.5 Å². The van der Waals surface area contributed by atoms with Crippen LogP contribution in [0.4, 0.5) is 0 Å². The Morgan fingerprint density at radius 1 is 1.32 bits per heavy atom. The minimum Gasteiger partial charge on any atom is -0.483 e. The number of aryl methyl sites for hydroxylation is 1. The lowest BCUT2D eigenvalue weighted by Crippen LogP contribution is -2.46. The fourth-order valence-corrected chi connectivity index (χ4v) is 3.43. The molecule has 0 aliphatic carbocycles. The van der Waals surface area contributed by atoms with Gasteiger partial charge in [-0.15, -0.1) is 0 Å².